The summed E-state index contributed by atoms with van der Waals surface area (Å²) in [6.45, 7) is 2.44. The molecule has 5 nitrogen and oxygen atoms in total. The van der Waals surface area contributed by atoms with Crippen LogP contribution in [0.4, 0.5) is 5.13 Å². The number of nitrogens with one attached hydrogen (secondary N) is 1. The van der Waals surface area contributed by atoms with E-state index in [0.717, 1.165) is 16.4 Å². The molecule has 0 unspecified atom stereocenters. The highest BCUT2D eigenvalue weighted by atomic mass is 32.1. The van der Waals surface area contributed by atoms with Crippen molar-refractivity contribution in [3.63, 3.8) is 0 Å². The predicted octanol–water partition coefficient (Wildman–Crippen LogP) is 3.26. The number of aryl methyl sites for hydroxylation is 1. The Labute approximate surface area is 127 Å². The number of amides is 1. The second kappa shape index (κ2) is 7.64. The number of carbonyl (C=O) groups excluding carboxylic acids is 1. The zero-order chi connectivity index (χ0) is 15.1. The smallest absolute Gasteiger partial charge is 0.226 e. The van der Waals surface area contributed by atoms with Crippen molar-refractivity contribution < 1.29 is 14.3 Å². The molecule has 0 saturated carbocycles. The van der Waals surface area contributed by atoms with Gasteiger partial charge in [0, 0.05) is 23.6 Å². The summed E-state index contributed by atoms with van der Waals surface area (Å²) in [5, 5.41) is 3.42. The molecule has 6 heteroatoms. The Morgan fingerprint density at radius 2 is 2.19 bits per heavy atom. The molecule has 2 rings (SSSR count). The molecule has 1 N–H and O–H groups in total. The van der Waals surface area contributed by atoms with Crippen LogP contribution >= 0.6 is 11.3 Å². The minimum Gasteiger partial charge on any atom is -0.497 e. The molecule has 0 fully saturated rings. The summed E-state index contributed by atoms with van der Waals surface area (Å²) in [7, 11) is 1.61. The van der Waals surface area contributed by atoms with Gasteiger partial charge in [-0.25, -0.2) is 4.98 Å². The van der Waals surface area contributed by atoms with Crippen LogP contribution in [0, 0.1) is 6.92 Å². The first kappa shape index (κ1) is 15.3. The van der Waals surface area contributed by atoms with Crippen molar-refractivity contribution >= 4 is 22.4 Å². The number of hydrogen-bond donors (Lipinski definition) is 1. The lowest BCUT2D eigenvalue weighted by Crippen LogP contribution is -2.12. The number of benzene rings is 1. The van der Waals surface area contributed by atoms with Gasteiger partial charge in [0.25, 0.3) is 0 Å². The number of carbonyl (C=O) groups is 1. The van der Waals surface area contributed by atoms with E-state index in [9.17, 15) is 4.79 Å². The van der Waals surface area contributed by atoms with E-state index in [4.69, 9.17) is 9.47 Å². The Bertz CT molecular complexity index is 598. The first-order valence-electron chi connectivity index (χ1n) is 6.66. The average Bonchev–Trinajstić information content (AvgIpc) is 2.89. The van der Waals surface area contributed by atoms with Crippen LogP contribution in [0.25, 0.3) is 0 Å². The van der Waals surface area contributed by atoms with Gasteiger partial charge in [-0.15, -0.1) is 11.3 Å². The van der Waals surface area contributed by atoms with Crippen molar-refractivity contribution in [3.8, 4) is 11.5 Å². The number of rotatable bonds is 7. The number of ether oxygens (including phenoxy) is 2. The van der Waals surface area contributed by atoms with Crippen molar-refractivity contribution in [2.75, 3.05) is 19.0 Å². The number of nitrogens with zero attached hydrogens (tertiary/aromatic N) is 1. The molecule has 0 atom stereocenters. The van der Waals surface area contributed by atoms with E-state index in [1.165, 1.54) is 11.3 Å². The van der Waals surface area contributed by atoms with Crippen LogP contribution in [0.5, 0.6) is 11.5 Å². The highest BCUT2D eigenvalue weighted by molar-refractivity contribution is 7.15. The van der Waals surface area contributed by atoms with Gasteiger partial charge < -0.3 is 14.8 Å². The lowest BCUT2D eigenvalue weighted by Gasteiger charge is -2.07. The van der Waals surface area contributed by atoms with Gasteiger partial charge in [0.2, 0.25) is 5.91 Å². The fraction of sp³-hybridized carbons (Fsp3) is 0.333. The average molecular weight is 306 g/mol. The summed E-state index contributed by atoms with van der Waals surface area (Å²) < 4.78 is 10.7. The maximum absolute atomic E-state index is 11.7. The summed E-state index contributed by atoms with van der Waals surface area (Å²) in [6.07, 6.45) is 2.79. The topological polar surface area (TPSA) is 60.5 Å². The molecule has 112 valence electrons. The fourth-order valence-corrected chi connectivity index (χ4v) is 2.39. The number of methoxy groups -OCH3 is 1. The third-order valence-electron chi connectivity index (χ3n) is 2.73. The molecule has 1 heterocycles. The zero-order valence-corrected chi connectivity index (χ0v) is 12.9. The molecular weight excluding hydrogens is 288 g/mol. The van der Waals surface area contributed by atoms with Crippen LogP contribution in [0.2, 0.25) is 0 Å². The van der Waals surface area contributed by atoms with Gasteiger partial charge >= 0.3 is 0 Å². The normalized spacial score (nSPS) is 10.2. The quantitative estimate of drug-likeness (QED) is 0.798. The maximum atomic E-state index is 11.7. The van der Waals surface area contributed by atoms with E-state index in [2.05, 4.69) is 10.3 Å². The van der Waals surface area contributed by atoms with Gasteiger partial charge in [0.1, 0.15) is 11.5 Å². The van der Waals surface area contributed by atoms with Crippen LogP contribution in [-0.4, -0.2) is 24.6 Å². The molecule has 0 aliphatic heterocycles. The second-order valence-corrected chi connectivity index (χ2v) is 5.69. The fourth-order valence-electron chi connectivity index (χ4n) is 1.71. The highest BCUT2D eigenvalue weighted by Crippen LogP contribution is 2.19. The van der Waals surface area contributed by atoms with E-state index >= 15 is 0 Å². The van der Waals surface area contributed by atoms with E-state index < -0.39 is 0 Å². The van der Waals surface area contributed by atoms with Crippen LogP contribution in [0.1, 0.15) is 17.7 Å². The molecule has 1 amide bonds. The Morgan fingerprint density at radius 1 is 1.38 bits per heavy atom. The molecule has 0 radical (unpaired) electrons. The van der Waals surface area contributed by atoms with Gasteiger partial charge in [-0.2, -0.15) is 0 Å². The van der Waals surface area contributed by atoms with E-state index in [0.29, 0.717) is 24.6 Å². The van der Waals surface area contributed by atoms with Crippen molar-refractivity contribution in [1.82, 2.24) is 4.98 Å². The number of hydrogen-bond acceptors (Lipinski definition) is 5. The summed E-state index contributed by atoms with van der Waals surface area (Å²) in [6, 6.07) is 7.40. The van der Waals surface area contributed by atoms with Gasteiger partial charge in [-0.05, 0) is 25.5 Å². The predicted molar refractivity (Wildman–Crippen MR) is 83.2 cm³/mol. The Morgan fingerprint density at radius 3 is 2.90 bits per heavy atom. The molecule has 0 aliphatic rings. The first-order valence-corrected chi connectivity index (χ1v) is 7.48. The Kier molecular flexibility index (Phi) is 5.57. The minimum atomic E-state index is -0.0430. The minimum absolute atomic E-state index is 0.0430. The van der Waals surface area contributed by atoms with Gasteiger partial charge in [0.15, 0.2) is 5.13 Å². The van der Waals surface area contributed by atoms with Crippen LogP contribution < -0.4 is 14.8 Å². The van der Waals surface area contributed by atoms with Crippen molar-refractivity contribution in [2.45, 2.75) is 19.8 Å². The number of thiazole rings is 1. The third-order valence-corrected chi connectivity index (χ3v) is 3.55. The number of anilines is 1. The molecule has 2 aromatic rings. The SMILES string of the molecule is COc1cccc(OCCCC(=O)Nc2ncc(C)s2)c1. The second-order valence-electron chi connectivity index (χ2n) is 4.46. The third kappa shape index (κ3) is 5.07. The molecule has 21 heavy (non-hydrogen) atoms. The summed E-state index contributed by atoms with van der Waals surface area (Å²) in [4.78, 5) is 16.9. The van der Waals surface area contributed by atoms with Crippen LogP contribution in [-0.2, 0) is 4.79 Å². The Balaban J connectivity index is 1.68. The van der Waals surface area contributed by atoms with Crippen LogP contribution in [0.3, 0.4) is 0 Å². The molecule has 1 aromatic heterocycles. The Hall–Kier alpha value is -2.08. The van der Waals surface area contributed by atoms with Crippen molar-refractivity contribution in [1.29, 1.82) is 0 Å². The number of aromatic nitrogens is 1. The summed E-state index contributed by atoms with van der Waals surface area (Å²) in [5.41, 5.74) is 0. The lowest BCUT2D eigenvalue weighted by atomic mass is 10.3. The highest BCUT2D eigenvalue weighted by Gasteiger charge is 2.05. The van der Waals surface area contributed by atoms with Crippen molar-refractivity contribution in [3.05, 3.63) is 35.3 Å². The molecular formula is C15H18N2O3S. The van der Waals surface area contributed by atoms with Gasteiger partial charge in [-0.3, -0.25) is 4.79 Å². The first-order chi connectivity index (χ1) is 10.2. The lowest BCUT2D eigenvalue weighted by molar-refractivity contribution is -0.116. The summed E-state index contributed by atoms with van der Waals surface area (Å²) >= 11 is 1.47. The monoisotopic (exact) mass is 306 g/mol. The maximum Gasteiger partial charge on any atom is 0.226 e. The molecule has 0 bridgehead atoms. The standard InChI is InChI=1S/C15H18N2O3S/c1-11-10-16-15(21-11)17-14(18)7-4-8-20-13-6-3-5-12(9-13)19-2/h3,5-6,9-10H,4,7-8H2,1-2H3,(H,16,17,18). The van der Waals surface area contributed by atoms with Gasteiger partial charge in [0.05, 0.1) is 13.7 Å². The van der Waals surface area contributed by atoms with E-state index in [1.54, 1.807) is 13.3 Å². The van der Waals surface area contributed by atoms with E-state index in [1.807, 2.05) is 31.2 Å². The molecule has 1 aromatic carbocycles. The van der Waals surface area contributed by atoms with E-state index in [-0.39, 0.29) is 5.91 Å². The van der Waals surface area contributed by atoms with Gasteiger partial charge in [-0.1, -0.05) is 6.07 Å². The molecule has 0 aliphatic carbocycles. The molecule has 0 saturated heterocycles. The summed E-state index contributed by atoms with van der Waals surface area (Å²) in [5.74, 6) is 1.45. The van der Waals surface area contributed by atoms with Crippen LogP contribution in [0.15, 0.2) is 30.5 Å². The molecule has 0 spiro atoms. The zero-order valence-electron chi connectivity index (χ0n) is 12.1. The van der Waals surface area contributed by atoms with Crippen molar-refractivity contribution in [2.24, 2.45) is 0 Å². The largest absolute Gasteiger partial charge is 0.497 e.